The molecule has 0 atom stereocenters. The van der Waals surface area contributed by atoms with E-state index in [0.29, 0.717) is 0 Å². The molecule has 1 rings (SSSR count). The summed E-state index contributed by atoms with van der Waals surface area (Å²) in [5, 5.41) is 4.06. The van der Waals surface area contributed by atoms with Gasteiger partial charge in [-0.2, -0.15) is 0 Å². The van der Waals surface area contributed by atoms with Crippen LogP contribution < -0.4 is 5.32 Å². The maximum absolute atomic E-state index is 5.01. The molecule has 0 aromatic carbocycles. The third-order valence-corrected chi connectivity index (χ3v) is 1.84. The molecule has 0 saturated carbocycles. The SMILES string of the molecule is CN1CC(C)(C)NC1=S. The molecule has 1 heterocycles. The second-order valence-corrected chi connectivity index (χ2v) is 3.56. The fourth-order valence-corrected chi connectivity index (χ4v) is 1.43. The average molecular weight is 144 g/mol. The summed E-state index contributed by atoms with van der Waals surface area (Å²) in [5.41, 5.74) is 0.172. The number of likely N-dealkylation sites (N-methyl/N-ethyl adjacent to an activating group) is 1. The average Bonchev–Trinajstić information content (AvgIpc) is 1.79. The zero-order valence-corrected chi connectivity index (χ0v) is 6.88. The summed E-state index contributed by atoms with van der Waals surface area (Å²) in [4.78, 5) is 2.05. The van der Waals surface area contributed by atoms with Gasteiger partial charge in [0.1, 0.15) is 0 Å². The van der Waals surface area contributed by atoms with Crippen molar-refractivity contribution in [2.45, 2.75) is 19.4 Å². The van der Waals surface area contributed by atoms with Gasteiger partial charge in [-0.3, -0.25) is 0 Å². The van der Waals surface area contributed by atoms with E-state index in [0.717, 1.165) is 11.7 Å². The molecule has 1 aliphatic rings. The van der Waals surface area contributed by atoms with E-state index in [1.54, 1.807) is 0 Å². The molecule has 0 amide bonds. The van der Waals surface area contributed by atoms with Crippen molar-refractivity contribution in [2.24, 2.45) is 0 Å². The number of nitrogens with one attached hydrogen (secondary N) is 1. The van der Waals surface area contributed by atoms with Crippen LogP contribution in [0, 0.1) is 0 Å². The van der Waals surface area contributed by atoms with Gasteiger partial charge in [0.05, 0.1) is 5.54 Å². The molecular formula is C6H12N2S. The molecular weight excluding hydrogens is 132 g/mol. The molecule has 0 unspecified atom stereocenters. The first kappa shape index (κ1) is 6.81. The third-order valence-electron chi connectivity index (χ3n) is 1.42. The van der Waals surface area contributed by atoms with Gasteiger partial charge >= 0.3 is 0 Å². The van der Waals surface area contributed by atoms with Gasteiger partial charge in [-0.05, 0) is 26.1 Å². The molecule has 3 heteroatoms. The van der Waals surface area contributed by atoms with Crippen molar-refractivity contribution in [3.8, 4) is 0 Å². The Kier molecular flexibility index (Phi) is 1.39. The maximum atomic E-state index is 5.01. The molecule has 0 aliphatic carbocycles. The summed E-state index contributed by atoms with van der Waals surface area (Å²) < 4.78 is 0. The predicted octanol–water partition coefficient (Wildman–Crippen LogP) is 0.585. The molecule has 52 valence electrons. The van der Waals surface area contributed by atoms with Gasteiger partial charge in [0, 0.05) is 13.6 Å². The van der Waals surface area contributed by atoms with Gasteiger partial charge in [0.15, 0.2) is 5.11 Å². The Labute approximate surface area is 61.2 Å². The zero-order valence-electron chi connectivity index (χ0n) is 6.06. The summed E-state index contributed by atoms with van der Waals surface area (Å²) in [6, 6.07) is 0. The number of thiocarbonyl (C=S) groups is 1. The van der Waals surface area contributed by atoms with E-state index in [1.807, 2.05) is 7.05 Å². The van der Waals surface area contributed by atoms with Gasteiger partial charge in [-0.25, -0.2) is 0 Å². The highest BCUT2D eigenvalue weighted by Gasteiger charge is 2.29. The minimum atomic E-state index is 0.172. The Hall–Kier alpha value is -0.310. The van der Waals surface area contributed by atoms with Crippen molar-refractivity contribution in [3.63, 3.8) is 0 Å². The van der Waals surface area contributed by atoms with Crippen LogP contribution in [0.15, 0.2) is 0 Å². The summed E-state index contributed by atoms with van der Waals surface area (Å²) >= 11 is 5.01. The second-order valence-electron chi connectivity index (χ2n) is 3.17. The Morgan fingerprint density at radius 3 is 2.33 bits per heavy atom. The fraction of sp³-hybridized carbons (Fsp3) is 0.833. The smallest absolute Gasteiger partial charge is 0.169 e. The number of nitrogens with zero attached hydrogens (tertiary/aromatic N) is 1. The van der Waals surface area contributed by atoms with Crippen molar-refractivity contribution in [1.82, 2.24) is 10.2 Å². The minimum absolute atomic E-state index is 0.172. The Bertz CT molecular complexity index is 142. The number of hydrogen-bond acceptors (Lipinski definition) is 1. The van der Waals surface area contributed by atoms with E-state index in [2.05, 4.69) is 24.1 Å². The van der Waals surface area contributed by atoms with Gasteiger partial charge in [0.2, 0.25) is 0 Å². The van der Waals surface area contributed by atoms with Crippen LogP contribution in [0.25, 0.3) is 0 Å². The zero-order chi connectivity index (χ0) is 7.07. The monoisotopic (exact) mass is 144 g/mol. The van der Waals surface area contributed by atoms with Crippen molar-refractivity contribution < 1.29 is 0 Å². The lowest BCUT2D eigenvalue weighted by molar-refractivity contribution is 0.423. The van der Waals surface area contributed by atoms with Crippen LogP contribution in [0.2, 0.25) is 0 Å². The van der Waals surface area contributed by atoms with Gasteiger partial charge in [0.25, 0.3) is 0 Å². The van der Waals surface area contributed by atoms with E-state index >= 15 is 0 Å². The van der Waals surface area contributed by atoms with Gasteiger partial charge < -0.3 is 10.2 Å². The molecule has 0 spiro atoms. The molecule has 0 bridgehead atoms. The van der Waals surface area contributed by atoms with Crippen LogP contribution in [-0.2, 0) is 0 Å². The van der Waals surface area contributed by atoms with Crippen LogP contribution in [0.5, 0.6) is 0 Å². The van der Waals surface area contributed by atoms with Crippen molar-refractivity contribution in [1.29, 1.82) is 0 Å². The Morgan fingerprint density at radius 2 is 2.22 bits per heavy atom. The fourth-order valence-electron chi connectivity index (χ4n) is 1.09. The number of hydrogen-bond donors (Lipinski definition) is 1. The van der Waals surface area contributed by atoms with E-state index < -0.39 is 0 Å². The normalized spacial score (nSPS) is 24.3. The predicted molar refractivity (Wildman–Crippen MR) is 42.4 cm³/mol. The Balaban J connectivity index is 2.65. The minimum Gasteiger partial charge on any atom is -0.356 e. The summed E-state index contributed by atoms with van der Waals surface area (Å²) in [5.74, 6) is 0. The largest absolute Gasteiger partial charge is 0.356 e. The lowest BCUT2D eigenvalue weighted by atomic mass is 10.1. The molecule has 9 heavy (non-hydrogen) atoms. The molecule has 1 saturated heterocycles. The van der Waals surface area contributed by atoms with Crippen molar-refractivity contribution in [2.75, 3.05) is 13.6 Å². The number of rotatable bonds is 0. The highest BCUT2D eigenvalue weighted by molar-refractivity contribution is 7.80. The highest BCUT2D eigenvalue weighted by atomic mass is 32.1. The molecule has 1 N–H and O–H groups in total. The van der Waals surface area contributed by atoms with E-state index in [-0.39, 0.29) is 5.54 Å². The van der Waals surface area contributed by atoms with Crippen molar-refractivity contribution in [3.05, 3.63) is 0 Å². The molecule has 1 fully saturated rings. The third kappa shape index (κ3) is 1.33. The first-order valence-electron chi connectivity index (χ1n) is 3.04. The first-order valence-corrected chi connectivity index (χ1v) is 3.45. The van der Waals surface area contributed by atoms with Crippen LogP contribution in [0.3, 0.4) is 0 Å². The Morgan fingerprint density at radius 1 is 1.67 bits per heavy atom. The van der Waals surface area contributed by atoms with E-state index in [9.17, 15) is 0 Å². The van der Waals surface area contributed by atoms with Crippen LogP contribution >= 0.6 is 12.2 Å². The van der Waals surface area contributed by atoms with Gasteiger partial charge in [-0.1, -0.05) is 0 Å². The van der Waals surface area contributed by atoms with Gasteiger partial charge in [-0.15, -0.1) is 0 Å². The topological polar surface area (TPSA) is 15.3 Å². The van der Waals surface area contributed by atoms with Crippen LogP contribution in [-0.4, -0.2) is 29.1 Å². The van der Waals surface area contributed by atoms with E-state index in [4.69, 9.17) is 12.2 Å². The van der Waals surface area contributed by atoms with E-state index in [1.165, 1.54) is 0 Å². The standard InChI is InChI=1S/C6H12N2S/c1-6(2)4-8(3)5(9)7-6/h4H2,1-3H3,(H,7,9). The quantitative estimate of drug-likeness (QED) is 0.501. The molecule has 0 aromatic rings. The molecule has 1 aliphatic heterocycles. The van der Waals surface area contributed by atoms with Crippen LogP contribution in [0.1, 0.15) is 13.8 Å². The lowest BCUT2D eigenvalue weighted by Gasteiger charge is -2.15. The summed E-state index contributed by atoms with van der Waals surface area (Å²) in [6.07, 6.45) is 0. The summed E-state index contributed by atoms with van der Waals surface area (Å²) in [6.45, 7) is 5.29. The van der Waals surface area contributed by atoms with Crippen LogP contribution in [0.4, 0.5) is 0 Å². The van der Waals surface area contributed by atoms with Crippen molar-refractivity contribution >= 4 is 17.3 Å². The first-order chi connectivity index (χ1) is 4.01. The molecule has 0 aromatic heterocycles. The highest BCUT2D eigenvalue weighted by Crippen LogP contribution is 2.11. The maximum Gasteiger partial charge on any atom is 0.169 e. The molecule has 2 nitrogen and oxygen atoms in total. The lowest BCUT2D eigenvalue weighted by Crippen LogP contribution is -2.36. The molecule has 0 radical (unpaired) electrons. The summed E-state index contributed by atoms with van der Waals surface area (Å²) in [7, 11) is 2.00. The second kappa shape index (κ2) is 1.84.